The fraction of sp³-hybridized carbons (Fsp3) is 0.0870. The van der Waals surface area contributed by atoms with Crippen molar-refractivity contribution in [3.63, 3.8) is 0 Å². The molecule has 31 heavy (non-hydrogen) atoms. The van der Waals surface area contributed by atoms with Crippen molar-refractivity contribution < 1.29 is 27.7 Å². The minimum absolute atomic E-state index is 0.00810. The van der Waals surface area contributed by atoms with Gasteiger partial charge in [0.25, 0.3) is 5.91 Å². The number of halogens is 2. The van der Waals surface area contributed by atoms with E-state index < -0.39 is 23.4 Å². The molecule has 1 aliphatic rings. The third-order valence-corrected chi connectivity index (χ3v) is 4.83. The summed E-state index contributed by atoms with van der Waals surface area (Å²) in [6.45, 7) is 1.89. The normalized spacial score (nSPS) is 13.7. The van der Waals surface area contributed by atoms with Crippen LogP contribution in [0.3, 0.4) is 0 Å². The van der Waals surface area contributed by atoms with E-state index in [1.807, 2.05) is 6.92 Å². The lowest BCUT2D eigenvalue weighted by Crippen LogP contribution is -2.39. The van der Waals surface area contributed by atoms with Crippen molar-refractivity contribution in [3.05, 3.63) is 89.9 Å². The highest BCUT2D eigenvalue weighted by Gasteiger charge is 2.46. The monoisotopic (exact) mass is 422 g/mol. The minimum Gasteiger partial charge on any atom is -0.497 e. The van der Waals surface area contributed by atoms with Crippen LogP contribution in [0.1, 0.15) is 5.56 Å². The van der Waals surface area contributed by atoms with Crippen LogP contribution in [0.5, 0.6) is 5.75 Å². The molecule has 8 heteroatoms. The van der Waals surface area contributed by atoms with E-state index in [1.54, 1.807) is 48.8 Å². The first-order valence-corrected chi connectivity index (χ1v) is 9.36. The summed E-state index contributed by atoms with van der Waals surface area (Å²) < 4.78 is 33.8. The Morgan fingerprint density at radius 2 is 1.58 bits per heavy atom. The van der Waals surface area contributed by atoms with Crippen molar-refractivity contribution in [1.82, 2.24) is 0 Å². The molecule has 4 rings (SSSR count). The van der Waals surface area contributed by atoms with E-state index in [1.165, 1.54) is 17.7 Å². The molecular weight excluding hydrogens is 404 g/mol. The van der Waals surface area contributed by atoms with Gasteiger partial charge in [0.1, 0.15) is 5.75 Å². The number of anilines is 2. The van der Waals surface area contributed by atoms with Crippen LogP contribution in [-0.2, 0) is 9.59 Å². The zero-order valence-corrected chi connectivity index (χ0v) is 16.7. The van der Waals surface area contributed by atoms with E-state index in [4.69, 9.17) is 4.74 Å². The second-order valence-corrected chi connectivity index (χ2v) is 6.90. The maximum Gasteiger partial charge on any atom is 0.333 e. The van der Waals surface area contributed by atoms with E-state index in [9.17, 15) is 18.4 Å². The summed E-state index contributed by atoms with van der Waals surface area (Å²) in [5.74, 6) is -2.94. The molecule has 2 heterocycles. The first-order chi connectivity index (χ1) is 14.9. The van der Waals surface area contributed by atoms with Gasteiger partial charge in [-0.3, -0.25) is 9.59 Å². The van der Waals surface area contributed by atoms with Crippen LogP contribution in [-0.4, -0.2) is 18.9 Å². The highest BCUT2D eigenvalue weighted by Crippen LogP contribution is 2.29. The average molecular weight is 422 g/mol. The minimum atomic E-state index is -1.15. The van der Waals surface area contributed by atoms with Crippen LogP contribution >= 0.6 is 0 Å². The number of rotatable bonds is 5. The molecular formula is C23H18F2N3O3+. The fourth-order valence-corrected chi connectivity index (χ4v) is 3.20. The molecule has 0 saturated heterocycles. The number of aromatic nitrogens is 1. The zero-order chi connectivity index (χ0) is 22.1. The molecule has 1 N–H and O–H groups in total. The van der Waals surface area contributed by atoms with Gasteiger partial charge in [-0.05, 0) is 48.9 Å². The number of amides is 2. The van der Waals surface area contributed by atoms with Gasteiger partial charge in [0, 0.05) is 23.9 Å². The van der Waals surface area contributed by atoms with Crippen molar-refractivity contribution >= 4 is 28.9 Å². The number of nitrogens with one attached hydrogen (secondary N) is 1. The van der Waals surface area contributed by atoms with Gasteiger partial charge in [0.15, 0.2) is 29.7 Å². The van der Waals surface area contributed by atoms with Crippen LogP contribution < -0.4 is 19.5 Å². The molecule has 0 fully saturated rings. The summed E-state index contributed by atoms with van der Waals surface area (Å²) in [6.07, 6.45) is 3.31. The second kappa shape index (κ2) is 7.98. The van der Waals surface area contributed by atoms with Crippen molar-refractivity contribution in [2.75, 3.05) is 17.3 Å². The van der Waals surface area contributed by atoms with E-state index >= 15 is 0 Å². The number of methoxy groups -OCH3 is 1. The molecule has 0 radical (unpaired) electrons. The number of hydrogen-bond donors (Lipinski definition) is 1. The largest absolute Gasteiger partial charge is 0.497 e. The Morgan fingerprint density at radius 3 is 2.19 bits per heavy atom. The number of carbonyl (C=O) groups excluding carboxylic acids is 2. The molecule has 0 spiro atoms. The lowest BCUT2D eigenvalue weighted by Gasteiger charge is -2.14. The third-order valence-electron chi connectivity index (χ3n) is 4.83. The first-order valence-electron chi connectivity index (χ1n) is 9.36. The van der Waals surface area contributed by atoms with E-state index in [2.05, 4.69) is 5.32 Å². The van der Waals surface area contributed by atoms with Gasteiger partial charge in [-0.1, -0.05) is 0 Å². The smallest absolute Gasteiger partial charge is 0.333 e. The molecule has 0 atom stereocenters. The lowest BCUT2D eigenvalue weighted by atomic mass is 10.2. The van der Waals surface area contributed by atoms with Crippen molar-refractivity contribution in [2.45, 2.75) is 6.92 Å². The van der Waals surface area contributed by atoms with Crippen molar-refractivity contribution in [2.24, 2.45) is 0 Å². The summed E-state index contributed by atoms with van der Waals surface area (Å²) in [6, 6.07) is 13.3. The van der Waals surface area contributed by atoms with Crippen LogP contribution in [0.15, 0.2) is 72.7 Å². The van der Waals surface area contributed by atoms with Crippen LogP contribution in [0.25, 0.3) is 5.70 Å². The van der Waals surface area contributed by atoms with E-state index in [0.717, 1.165) is 22.6 Å². The van der Waals surface area contributed by atoms with Crippen molar-refractivity contribution in [3.8, 4) is 5.75 Å². The first kappa shape index (κ1) is 20.2. The summed E-state index contributed by atoms with van der Waals surface area (Å²) in [4.78, 5) is 27.3. The van der Waals surface area contributed by atoms with Crippen LogP contribution in [0, 0.1) is 18.6 Å². The van der Waals surface area contributed by atoms with Gasteiger partial charge in [0.05, 0.1) is 12.8 Å². The molecule has 156 valence electrons. The number of pyridine rings is 1. The van der Waals surface area contributed by atoms with Gasteiger partial charge in [-0.25, -0.2) is 13.7 Å². The Bertz CT molecular complexity index is 1210. The molecule has 1 aliphatic heterocycles. The molecule has 0 bridgehead atoms. The van der Waals surface area contributed by atoms with E-state index in [-0.39, 0.29) is 17.1 Å². The number of imide groups is 1. The van der Waals surface area contributed by atoms with Gasteiger partial charge >= 0.3 is 11.6 Å². The summed E-state index contributed by atoms with van der Waals surface area (Å²) >= 11 is 0. The molecule has 0 aliphatic carbocycles. The van der Waals surface area contributed by atoms with Gasteiger partial charge in [-0.15, -0.1) is 0 Å². The Balaban J connectivity index is 1.80. The quantitative estimate of drug-likeness (QED) is 0.506. The third kappa shape index (κ3) is 3.75. The molecule has 6 nitrogen and oxygen atoms in total. The summed E-state index contributed by atoms with van der Waals surface area (Å²) in [5, 5.41) is 2.98. The standard InChI is InChI=1S/C23H17F2N3O3/c1-14-9-11-27(12-10-14)21-20(26-15-3-6-17(31-2)7-4-15)22(29)28(23(21)30)16-5-8-18(24)19(25)13-16/h3-13H,1-2H3/p+1. The number of hydrogen-bond acceptors (Lipinski definition) is 4. The number of carbonyl (C=O) groups is 2. The van der Waals surface area contributed by atoms with Gasteiger partial charge in [0.2, 0.25) is 0 Å². The number of nitrogens with zero attached hydrogens (tertiary/aromatic N) is 2. The van der Waals surface area contributed by atoms with Crippen molar-refractivity contribution in [1.29, 1.82) is 0 Å². The molecule has 1 aromatic heterocycles. The summed E-state index contributed by atoms with van der Waals surface area (Å²) in [5.41, 5.74) is 1.52. The average Bonchev–Trinajstić information content (AvgIpc) is 3.01. The predicted octanol–water partition coefficient (Wildman–Crippen LogP) is 3.42. The van der Waals surface area contributed by atoms with E-state index in [0.29, 0.717) is 11.4 Å². The lowest BCUT2D eigenvalue weighted by molar-refractivity contribution is -0.577. The van der Waals surface area contributed by atoms with Crippen LogP contribution in [0.4, 0.5) is 20.2 Å². The fourth-order valence-electron chi connectivity index (χ4n) is 3.20. The Morgan fingerprint density at radius 1 is 0.903 bits per heavy atom. The molecule has 2 aromatic carbocycles. The van der Waals surface area contributed by atoms with Gasteiger partial charge in [-0.2, -0.15) is 4.57 Å². The second-order valence-electron chi connectivity index (χ2n) is 6.90. The topological polar surface area (TPSA) is 62.5 Å². The maximum atomic E-state index is 13.8. The Hall–Kier alpha value is -4.07. The number of ether oxygens (including phenoxy) is 1. The number of aryl methyl sites for hydroxylation is 1. The predicted molar refractivity (Wildman–Crippen MR) is 110 cm³/mol. The highest BCUT2D eigenvalue weighted by atomic mass is 19.2. The summed E-state index contributed by atoms with van der Waals surface area (Å²) in [7, 11) is 1.54. The zero-order valence-electron chi connectivity index (χ0n) is 16.7. The highest BCUT2D eigenvalue weighted by molar-refractivity contribution is 6.42. The Labute approximate surface area is 177 Å². The Kier molecular flexibility index (Phi) is 5.21. The SMILES string of the molecule is COc1ccc(NC2=C([n+]3ccc(C)cc3)C(=O)N(c3ccc(F)c(F)c3)C2=O)cc1. The maximum absolute atomic E-state index is 13.8. The number of benzene rings is 2. The molecule has 2 amide bonds. The molecule has 0 unspecified atom stereocenters. The van der Waals surface area contributed by atoms with Crippen LogP contribution in [0.2, 0.25) is 0 Å². The molecule has 0 saturated carbocycles. The van der Waals surface area contributed by atoms with Gasteiger partial charge < -0.3 is 10.1 Å². The molecule has 3 aromatic rings.